The zero-order chi connectivity index (χ0) is 21.7. The second-order valence-corrected chi connectivity index (χ2v) is 7.17. The van der Waals surface area contributed by atoms with Gasteiger partial charge in [0.15, 0.2) is 0 Å². The van der Waals surface area contributed by atoms with Crippen LogP contribution in [0.4, 0.5) is 16.3 Å². The van der Waals surface area contributed by atoms with Gasteiger partial charge in [0.05, 0.1) is 23.5 Å². The van der Waals surface area contributed by atoms with Crippen molar-refractivity contribution in [3.63, 3.8) is 0 Å². The fourth-order valence-corrected chi connectivity index (χ4v) is 3.49. The third-order valence-electron chi connectivity index (χ3n) is 4.66. The minimum atomic E-state index is -0.429. The molecule has 3 heterocycles. The number of amides is 3. The first kappa shape index (κ1) is 21.5. The number of carbonyl (C=O) groups excluding carboxylic acids is 2. The molecule has 0 spiro atoms. The highest BCUT2D eigenvalue weighted by Gasteiger charge is 2.25. The largest absolute Gasteiger partial charge is 0.372 e. The maximum atomic E-state index is 11.9. The number of morpholine rings is 1. The lowest BCUT2D eigenvalue weighted by Crippen LogP contribution is -2.45. The average molecular weight is 413 g/mol. The van der Waals surface area contributed by atoms with Gasteiger partial charge in [-0.15, -0.1) is 0 Å². The van der Waals surface area contributed by atoms with Gasteiger partial charge < -0.3 is 15.0 Å². The molecule has 2 aromatic rings. The Balaban J connectivity index is 2.03. The highest BCUT2D eigenvalue weighted by Crippen LogP contribution is 2.34. The first-order chi connectivity index (χ1) is 14.4. The quantitative estimate of drug-likeness (QED) is 0.331. The van der Waals surface area contributed by atoms with Crippen molar-refractivity contribution in [3.8, 4) is 11.1 Å². The molecule has 0 bridgehead atoms. The molecule has 5 N–H and O–H groups in total. The third kappa shape index (κ3) is 5.02. The number of pyridine rings is 2. The Morgan fingerprint density at radius 3 is 2.60 bits per heavy atom. The van der Waals surface area contributed by atoms with Crippen molar-refractivity contribution >= 4 is 23.4 Å². The predicted molar refractivity (Wildman–Crippen MR) is 114 cm³/mol. The van der Waals surface area contributed by atoms with Gasteiger partial charge in [0.25, 0.3) is 5.91 Å². The number of nitrogens with zero attached hydrogens (tertiary/aromatic N) is 3. The molecule has 3 amide bonds. The molecule has 1 saturated heterocycles. The molecule has 0 aliphatic carbocycles. The Hall–Kier alpha value is -3.24. The van der Waals surface area contributed by atoms with Gasteiger partial charge in [0.1, 0.15) is 5.82 Å². The van der Waals surface area contributed by atoms with E-state index < -0.39 is 5.91 Å². The van der Waals surface area contributed by atoms with Crippen LogP contribution < -0.4 is 26.8 Å². The average Bonchev–Trinajstić information content (AvgIpc) is 2.72. The standard InChI is InChI=1S/C20H27N7O3/c1-4-23-20(29)25-18-6-17(27-10-12(2)30-13(3)11-27)16(9-24-18)14-5-15(8-22-7-14)19(28)26-21/h5-9,12-13H,4,10-11,21H2,1-3H3,(H,26,28)(H2,23,24,25,29)/t12-,13+. The number of nitrogen functional groups attached to an aromatic ring is 1. The first-order valence-corrected chi connectivity index (χ1v) is 9.83. The van der Waals surface area contributed by atoms with Gasteiger partial charge in [-0.2, -0.15) is 0 Å². The van der Waals surface area contributed by atoms with E-state index in [2.05, 4.69) is 30.9 Å². The van der Waals surface area contributed by atoms with E-state index in [1.807, 2.05) is 26.8 Å². The topological polar surface area (TPSA) is 134 Å². The van der Waals surface area contributed by atoms with Crippen LogP contribution in [0.2, 0.25) is 0 Å². The van der Waals surface area contributed by atoms with E-state index in [0.29, 0.717) is 31.0 Å². The van der Waals surface area contributed by atoms with Crippen LogP contribution in [0.15, 0.2) is 30.7 Å². The molecule has 0 radical (unpaired) electrons. The second kappa shape index (κ2) is 9.51. The number of anilines is 2. The molecular weight excluding hydrogens is 386 g/mol. The van der Waals surface area contributed by atoms with Crippen LogP contribution in [-0.4, -0.2) is 53.7 Å². The van der Waals surface area contributed by atoms with E-state index in [1.54, 1.807) is 18.5 Å². The van der Waals surface area contributed by atoms with Crippen molar-refractivity contribution in [1.29, 1.82) is 0 Å². The summed E-state index contributed by atoms with van der Waals surface area (Å²) in [6, 6.07) is 3.21. The number of aromatic nitrogens is 2. The minimum absolute atomic E-state index is 0.0436. The number of hydrogen-bond acceptors (Lipinski definition) is 7. The lowest BCUT2D eigenvalue weighted by molar-refractivity contribution is -0.00518. The molecule has 3 rings (SSSR count). The molecular formula is C20H27N7O3. The monoisotopic (exact) mass is 413 g/mol. The molecule has 2 aromatic heterocycles. The smallest absolute Gasteiger partial charge is 0.320 e. The summed E-state index contributed by atoms with van der Waals surface area (Å²) in [6.07, 6.45) is 4.87. The molecule has 2 atom stereocenters. The van der Waals surface area contributed by atoms with E-state index in [1.165, 1.54) is 6.20 Å². The van der Waals surface area contributed by atoms with E-state index >= 15 is 0 Å². The van der Waals surface area contributed by atoms with Gasteiger partial charge in [-0.3, -0.25) is 20.5 Å². The normalized spacial score (nSPS) is 18.6. The Labute approximate surface area is 175 Å². The van der Waals surface area contributed by atoms with Gasteiger partial charge in [-0.05, 0) is 26.8 Å². The number of nitrogens with two attached hydrogens (primary N) is 1. The number of hydrazine groups is 1. The van der Waals surface area contributed by atoms with Crippen molar-refractivity contribution in [2.45, 2.75) is 33.0 Å². The lowest BCUT2D eigenvalue weighted by atomic mass is 10.0. The highest BCUT2D eigenvalue weighted by molar-refractivity contribution is 5.95. The van der Waals surface area contributed by atoms with E-state index in [4.69, 9.17) is 10.6 Å². The molecule has 0 unspecified atom stereocenters. The van der Waals surface area contributed by atoms with Crippen LogP contribution in [0.1, 0.15) is 31.1 Å². The molecule has 160 valence electrons. The molecule has 1 aliphatic heterocycles. The van der Waals surface area contributed by atoms with Crippen LogP contribution in [0, 0.1) is 0 Å². The Kier molecular flexibility index (Phi) is 6.80. The first-order valence-electron chi connectivity index (χ1n) is 9.83. The summed E-state index contributed by atoms with van der Waals surface area (Å²) >= 11 is 0. The molecule has 0 saturated carbocycles. The summed E-state index contributed by atoms with van der Waals surface area (Å²) in [7, 11) is 0. The number of hydrogen-bond donors (Lipinski definition) is 4. The third-order valence-corrected chi connectivity index (χ3v) is 4.66. The van der Waals surface area contributed by atoms with E-state index in [-0.39, 0.29) is 18.2 Å². The van der Waals surface area contributed by atoms with Crippen molar-refractivity contribution in [2.75, 3.05) is 29.9 Å². The summed E-state index contributed by atoms with van der Waals surface area (Å²) in [5.41, 5.74) is 4.83. The van der Waals surface area contributed by atoms with Crippen LogP contribution in [-0.2, 0) is 4.74 Å². The predicted octanol–water partition coefficient (Wildman–Crippen LogP) is 1.50. The molecule has 30 heavy (non-hydrogen) atoms. The van der Waals surface area contributed by atoms with E-state index in [9.17, 15) is 9.59 Å². The molecule has 1 fully saturated rings. The van der Waals surface area contributed by atoms with Crippen molar-refractivity contribution in [3.05, 3.63) is 36.3 Å². The second-order valence-electron chi connectivity index (χ2n) is 7.17. The van der Waals surface area contributed by atoms with Crippen LogP contribution in [0.25, 0.3) is 11.1 Å². The maximum absolute atomic E-state index is 11.9. The Bertz CT molecular complexity index is 911. The number of nitrogens with one attached hydrogen (secondary N) is 3. The Morgan fingerprint density at radius 1 is 1.20 bits per heavy atom. The molecule has 1 aliphatic rings. The van der Waals surface area contributed by atoms with Gasteiger partial charge in [0, 0.05) is 55.4 Å². The van der Waals surface area contributed by atoms with E-state index in [0.717, 1.165) is 16.8 Å². The fourth-order valence-electron chi connectivity index (χ4n) is 3.49. The highest BCUT2D eigenvalue weighted by atomic mass is 16.5. The van der Waals surface area contributed by atoms with Gasteiger partial charge in [-0.25, -0.2) is 15.6 Å². The lowest BCUT2D eigenvalue weighted by Gasteiger charge is -2.37. The number of ether oxygens (including phenoxy) is 1. The molecule has 0 aromatic carbocycles. The molecule has 10 nitrogen and oxygen atoms in total. The summed E-state index contributed by atoms with van der Waals surface area (Å²) in [5, 5.41) is 5.44. The van der Waals surface area contributed by atoms with Crippen molar-refractivity contribution in [1.82, 2.24) is 20.7 Å². The molecule has 10 heteroatoms. The zero-order valence-electron chi connectivity index (χ0n) is 17.3. The summed E-state index contributed by atoms with van der Waals surface area (Å²) in [4.78, 5) is 34.6. The fraction of sp³-hybridized carbons (Fsp3) is 0.400. The van der Waals surface area contributed by atoms with Gasteiger partial charge >= 0.3 is 6.03 Å². The number of urea groups is 1. The maximum Gasteiger partial charge on any atom is 0.320 e. The zero-order valence-corrected chi connectivity index (χ0v) is 17.3. The van der Waals surface area contributed by atoms with Crippen molar-refractivity contribution in [2.24, 2.45) is 5.84 Å². The van der Waals surface area contributed by atoms with Crippen LogP contribution in [0.3, 0.4) is 0 Å². The van der Waals surface area contributed by atoms with Crippen LogP contribution >= 0.6 is 0 Å². The SMILES string of the molecule is CCNC(=O)Nc1cc(N2C[C@@H](C)O[C@@H](C)C2)c(-c2cncc(C(=O)NN)c2)cn1. The summed E-state index contributed by atoms with van der Waals surface area (Å²) in [5.74, 6) is 5.25. The number of carbonyl (C=O) groups is 2. The number of rotatable bonds is 5. The van der Waals surface area contributed by atoms with Crippen molar-refractivity contribution < 1.29 is 14.3 Å². The van der Waals surface area contributed by atoms with Gasteiger partial charge in [0.2, 0.25) is 0 Å². The Morgan fingerprint density at radius 2 is 1.93 bits per heavy atom. The van der Waals surface area contributed by atoms with Crippen LogP contribution in [0.5, 0.6) is 0 Å². The summed E-state index contributed by atoms with van der Waals surface area (Å²) < 4.78 is 5.86. The minimum Gasteiger partial charge on any atom is -0.372 e. The summed E-state index contributed by atoms with van der Waals surface area (Å²) in [6.45, 7) is 7.75. The van der Waals surface area contributed by atoms with Gasteiger partial charge in [-0.1, -0.05) is 0 Å².